The summed E-state index contributed by atoms with van der Waals surface area (Å²) >= 11 is 0. The second kappa shape index (κ2) is 12.4. The van der Waals surface area contributed by atoms with Gasteiger partial charge in [-0.15, -0.1) is 0 Å². The fourth-order valence-electron chi connectivity index (χ4n) is 4.75. The van der Waals surface area contributed by atoms with E-state index in [1.54, 1.807) is 82.5 Å². The van der Waals surface area contributed by atoms with Crippen molar-refractivity contribution in [3.05, 3.63) is 90.5 Å². The first-order valence-electron chi connectivity index (χ1n) is 13.1. The van der Waals surface area contributed by atoms with E-state index in [9.17, 15) is 19.2 Å². The number of imide groups is 1. The first kappa shape index (κ1) is 28.3. The van der Waals surface area contributed by atoms with E-state index >= 15 is 0 Å². The topological polar surface area (TPSA) is 102 Å². The molecule has 8 heteroatoms. The number of para-hydroxylation sites is 1. The summed E-state index contributed by atoms with van der Waals surface area (Å²) in [7, 11) is 1.59. The highest BCUT2D eigenvalue weighted by Gasteiger charge is 2.50. The summed E-state index contributed by atoms with van der Waals surface area (Å²) in [6.07, 6.45) is 3.11. The molecule has 8 nitrogen and oxygen atoms in total. The van der Waals surface area contributed by atoms with Crippen LogP contribution < -0.4 is 19.7 Å². The lowest BCUT2D eigenvalue weighted by atomic mass is 9.78. The Morgan fingerprint density at radius 2 is 1.50 bits per heavy atom. The van der Waals surface area contributed by atoms with Crippen LogP contribution in [0.4, 0.5) is 11.4 Å². The standard InChI is InChI=1S/C32H32N2O6/c1-20(29-22(3)30(36)34(31(29)37)25-8-6-5-7-9-25)21(2)32(38)40-27-17-13-24(14-18-27)33-28(35)19-12-23-10-15-26(39-4)16-11-23/h5-22,29H,1-4H3,(H,33,35)/b19-12+. The molecule has 0 saturated carbocycles. The fraction of sp³-hybridized carbons (Fsp3) is 0.250. The molecule has 1 heterocycles. The molecule has 1 aliphatic heterocycles. The Kier molecular flexibility index (Phi) is 8.79. The third-order valence-corrected chi connectivity index (χ3v) is 7.28. The summed E-state index contributed by atoms with van der Waals surface area (Å²) in [6, 6.07) is 22.5. The van der Waals surface area contributed by atoms with Crippen LogP contribution >= 0.6 is 0 Å². The normalized spacial score (nSPS) is 18.4. The predicted molar refractivity (Wildman–Crippen MR) is 153 cm³/mol. The third-order valence-electron chi connectivity index (χ3n) is 7.28. The zero-order chi connectivity index (χ0) is 28.8. The molecular formula is C32H32N2O6. The average molecular weight is 541 g/mol. The molecule has 4 rings (SSSR count). The molecule has 0 radical (unpaired) electrons. The molecule has 3 amide bonds. The van der Waals surface area contributed by atoms with Gasteiger partial charge in [0.25, 0.3) is 0 Å². The minimum Gasteiger partial charge on any atom is -0.497 e. The molecular weight excluding hydrogens is 508 g/mol. The van der Waals surface area contributed by atoms with E-state index in [4.69, 9.17) is 9.47 Å². The van der Waals surface area contributed by atoms with Crippen LogP contribution in [0, 0.1) is 23.7 Å². The number of nitrogens with zero attached hydrogens (tertiary/aromatic N) is 1. The molecule has 0 spiro atoms. The predicted octanol–water partition coefficient (Wildman–Crippen LogP) is 5.35. The van der Waals surface area contributed by atoms with E-state index in [0.29, 0.717) is 17.1 Å². The molecule has 0 bridgehead atoms. The maximum absolute atomic E-state index is 13.2. The van der Waals surface area contributed by atoms with Crippen molar-refractivity contribution in [3.63, 3.8) is 0 Å². The van der Waals surface area contributed by atoms with E-state index in [-0.39, 0.29) is 17.7 Å². The van der Waals surface area contributed by atoms with E-state index < -0.39 is 29.6 Å². The molecule has 1 N–H and O–H groups in total. The van der Waals surface area contributed by atoms with E-state index in [0.717, 1.165) is 11.3 Å². The quantitative estimate of drug-likeness (QED) is 0.170. The lowest BCUT2D eigenvalue weighted by Crippen LogP contribution is -2.35. The lowest BCUT2D eigenvalue weighted by molar-refractivity contribution is -0.141. The molecule has 3 aromatic carbocycles. The number of hydrogen-bond acceptors (Lipinski definition) is 6. The summed E-state index contributed by atoms with van der Waals surface area (Å²) in [4.78, 5) is 52.6. The molecule has 1 aliphatic rings. The number of methoxy groups -OCH3 is 1. The van der Waals surface area contributed by atoms with Gasteiger partial charge in [0, 0.05) is 17.7 Å². The number of carbonyl (C=O) groups excluding carboxylic acids is 4. The number of ether oxygens (including phenoxy) is 2. The highest BCUT2D eigenvalue weighted by Crippen LogP contribution is 2.38. The van der Waals surface area contributed by atoms with E-state index in [2.05, 4.69) is 5.32 Å². The number of hydrogen-bond donors (Lipinski definition) is 1. The Hall–Kier alpha value is -4.72. The molecule has 1 fully saturated rings. The summed E-state index contributed by atoms with van der Waals surface area (Å²) in [6.45, 7) is 5.22. The van der Waals surface area contributed by atoms with Crippen molar-refractivity contribution >= 4 is 41.1 Å². The molecule has 0 aromatic heterocycles. The van der Waals surface area contributed by atoms with Crippen molar-refractivity contribution in [2.24, 2.45) is 23.7 Å². The van der Waals surface area contributed by atoms with Gasteiger partial charge in [-0.1, -0.05) is 51.1 Å². The van der Waals surface area contributed by atoms with Crippen LogP contribution in [0.5, 0.6) is 11.5 Å². The Morgan fingerprint density at radius 3 is 2.12 bits per heavy atom. The first-order chi connectivity index (χ1) is 19.2. The Balaban J connectivity index is 1.33. The first-order valence-corrected chi connectivity index (χ1v) is 13.1. The molecule has 3 aromatic rings. The van der Waals surface area contributed by atoms with Gasteiger partial charge < -0.3 is 14.8 Å². The SMILES string of the molecule is COc1ccc(/C=C/C(=O)Nc2ccc(OC(=O)C(C)C(C)C3C(=O)N(c4ccccc4)C(=O)C3C)cc2)cc1. The fourth-order valence-corrected chi connectivity index (χ4v) is 4.75. The zero-order valence-electron chi connectivity index (χ0n) is 22.9. The molecule has 4 atom stereocenters. The van der Waals surface area contributed by atoms with Crippen LogP contribution in [-0.2, 0) is 19.2 Å². The van der Waals surface area contributed by atoms with E-state index in [1.807, 2.05) is 30.3 Å². The van der Waals surface area contributed by atoms with Gasteiger partial charge in [0.15, 0.2) is 0 Å². The minimum absolute atomic E-state index is 0.273. The maximum atomic E-state index is 13.2. The van der Waals surface area contributed by atoms with Gasteiger partial charge in [-0.25, -0.2) is 0 Å². The van der Waals surface area contributed by atoms with Crippen molar-refractivity contribution < 1.29 is 28.7 Å². The van der Waals surface area contributed by atoms with Gasteiger partial charge in [-0.05, 0) is 66.1 Å². The highest BCUT2D eigenvalue weighted by atomic mass is 16.5. The van der Waals surface area contributed by atoms with Crippen LogP contribution in [0.1, 0.15) is 26.3 Å². The van der Waals surface area contributed by atoms with Crippen molar-refractivity contribution in [1.82, 2.24) is 0 Å². The summed E-state index contributed by atoms with van der Waals surface area (Å²) in [5.41, 5.74) is 1.92. The number of carbonyl (C=O) groups is 4. The number of esters is 1. The molecule has 206 valence electrons. The van der Waals surface area contributed by atoms with Crippen molar-refractivity contribution in [2.75, 3.05) is 17.3 Å². The van der Waals surface area contributed by atoms with E-state index in [1.165, 1.54) is 11.0 Å². The van der Waals surface area contributed by atoms with Gasteiger partial charge in [-0.3, -0.25) is 24.1 Å². The highest BCUT2D eigenvalue weighted by molar-refractivity contribution is 6.22. The zero-order valence-corrected chi connectivity index (χ0v) is 22.9. The second-order valence-electron chi connectivity index (χ2n) is 9.85. The van der Waals surface area contributed by atoms with Crippen LogP contribution in [0.15, 0.2) is 84.9 Å². The van der Waals surface area contributed by atoms with Gasteiger partial charge in [0.2, 0.25) is 17.7 Å². The monoisotopic (exact) mass is 540 g/mol. The number of anilines is 2. The molecule has 0 aliphatic carbocycles. The maximum Gasteiger partial charge on any atom is 0.314 e. The van der Waals surface area contributed by atoms with Crippen LogP contribution in [-0.4, -0.2) is 30.8 Å². The molecule has 40 heavy (non-hydrogen) atoms. The average Bonchev–Trinajstić information content (AvgIpc) is 3.19. The summed E-state index contributed by atoms with van der Waals surface area (Å²) in [5.74, 6) is -2.61. The molecule has 4 unspecified atom stereocenters. The van der Waals surface area contributed by atoms with Gasteiger partial charge >= 0.3 is 5.97 Å². The minimum atomic E-state index is -0.640. The smallest absolute Gasteiger partial charge is 0.314 e. The Labute approximate surface area is 233 Å². The van der Waals surface area contributed by atoms with Gasteiger partial charge in [0.1, 0.15) is 11.5 Å². The largest absolute Gasteiger partial charge is 0.497 e. The van der Waals surface area contributed by atoms with Crippen LogP contribution in [0.25, 0.3) is 6.08 Å². The second-order valence-corrected chi connectivity index (χ2v) is 9.85. The lowest BCUT2D eigenvalue weighted by Gasteiger charge is -2.25. The summed E-state index contributed by atoms with van der Waals surface area (Å²) in [5, 5.41) is 2.76. The van der Waals surface area contributed by atoms with Crippen LogP contribution in [0.3, 0.4) is 0 Å². The molecule has 1 saturated heterocycles. The summed E-state index contributed by atoms with van der Waals surface area (Å²) < 4.78 is 10.7. The van der Waals surface area contributed by atoms with Crippen molar-refractivity contribution in [3.8, 4) is 11.5 Å². The third kappa shape index (κ3) is 6.29. The van der Waals surface area contributed by atoms with Gasteiger partial charge in [-0.2, -0.15) is 0 Å². The van der Waals surface area contributed by atoms with Gasteiger partial charge in [0.05, 0.1) is 24.6 Å². The van der Waals surface area contributed by atoms with Crippen LogP contribution in [0.2, 0.25) is 0 Å². The number of rotatable bonds is 9. The van der Waals surface area contributed by atoms with Crippen molar-refractivity contribution in [2.45, 2.75) is 20.8 Å². The van der Waals surface area contributed by atoms with Crippen molar-refractivity contribution in [1.29, 1.82) is 0 Å². The number of benzene rings is 3. The number of amides is 3. The Bertz CT molecular complexity index is 1400. The number of nitrogens with one attached hydrogen (secondary N) is 1. The Morgan fingerprint density at radius 1 is 0.875 bits per heavy atom.